The lowest BCUT2D eigenvalue weighted by Crippen LogP contribution is -2.43. The Bertz CT molecular complexity index is 409. The number of halogens is 2. The minimum absolute atomic E-state index is 0.586. The summed E-state index contributed by atoms with van der Waals surface area (Å²) in [6.07, 6.45) is 2.44. The summed E-state index contributed by atoms with van der Waals surface area (Å²) in [5, 5.41) is 1.54. The van der Waals surface area contributed by atoms with Crippen molar-refractivity contribution in [1.29, 1.82) is 0 Å². The van der Waals surface area contributed by atoms with Gasteiger partial charge in [-0.25, -0.2) is 0 Å². The Balaban J connectivity index is 2.09. The second-order valence-electron chi connectivity index (χ2n) is 5.19. The van der Waals surface area contributed by atoms with Crippen LogP contribution in [0.15, 0.2) is 18.2 Å². The molecule has 0 bridgehead atoms. The molecule has 1 saturated heterocycles. The molecule has 2 rings (SSSR count). The number of likely N-dealkylation sites (tertiary alicyclic amines) is 1. The van der Waals surface area contributed by atoms with Crippen LogP contribution in [-0.2, 0) is 6.54 Å². The summed E-state index contributed by atoms with van der Waals surface area (Å²) in [7, 11) is 0. The maximum Gasteiger partial charge on any atom is 0.0452 e. The first-order valence-electron chi connectivity index (χ1n) is 6.48. The second kappa shape index (κ2) is 6.25. The van der Waals surface area contributed by atoms with Crippen LogP contribution in [0.4, 0.5) is 0 Å². The summed E-state index contributed by atoms with van der Waals surface area (Å²) in [5.41, 5.74) is 6.89. The second-order valence-corrected chi connectivity index (χ2v) is 6.04. The van der Waals surface area contributed by atoms with Gasteiger partial charge < -0.3 is 5.73 Å². The SMILES string of the molecule is CC1CCC(CN)CN1Cc1cc(Cl)ccc1Cl. The highest BCUT2D eigenvalue weighted by molar-refractivity contribution is 6.33. The molecule has 2 atom stereocenters. The zero-order valence-electron chi connectivity index (χ0n) is 10.7. The van der Waals surface area contributed by atoms with Gasteiger partial charge in [-0.15, -0.1) is 0 Å². The Kier molecular flexibility index (Phi) is 4.91. The summed E-state index contributed by atoms with van der Waals surface area (Å²) in [6, 6.07) is 6.25. The van der Waals surface area contributed by atoms with E-state index in [2.05, 4.69) is 11.8 Å². The van der Waals surface area contributed by atoms with Gasteiger partial charge in [0, 0.05) is 29.2 Å². The van der Waals surface area contributed by atoms with Crippen molar-refractivity contribution in [3.8, 4) is 0 Å². The van der Waals surface area contributed by atoms with Crippen molar-refractivity contribution in [1.82, 2.24) is 4.90 Å². The van der Waals surface area contributed by atoms with Gasteiger partial charge in [0.2, 0.25) is 0 Å². The third-order valence-corrected chi connectivity index (χ3v) is 4.43. The minimum atomic E-state index is 0.586. The molecule has 1 heterocycles. The highest BCUT2D eigenvalue weighted by Crippen LogP contribution is 2.27. The molecule has 4 heteroatoms. The molecular weight excluding hydrogens is 267 g/mol. The highest BCUT2D eigenvalue weighted by Gasteiger charge is 2.24. The zero-order chi connectivity index (χ0) is 13.1. The normalized spacial score (nSPS) is 25.3. The molecule has 2 nitrogen and oxygen atoms in total. The number of piperidine rings is 1. The summed E-state index contributed by atoms with van der Waals surface area (Å²) < 4.78 is 0. The number of nitrogens with zero attached hydrogens (tertiary/aromatic N) is 1. The third kappa shape index (κ3) is 3.39. The smallest absolute Gasteiger partial charge is 0.0452 e. The van der Waals surface area contributed by atoms with Crippen LogP contribution in [-0.4, -0.2) is 24.0 Å². The van der Waals surface area contributed by atoms with Gasteiger partial charge >= 0.3 is 0 Å². The monoisotopic (exact) mass is 286 g/mol. The summed E-state index contributed by atoms with van der Waals surface area (Å²) >= 11 is 12.3. The average molecular weight is 287 g/mol. The van der Waals surface area contributed by atoms with E-state index in [1.165, 1.54) is 12.8 Å². The molecular formula is C14H20Cl2N2. The van der Waals surface area contributed by atoms with E-state index in [-0.39, 0.29) is 0 Å². The molecule has 0 spiro atoms. The molecule has 0 aliphatic carbocycles. The van der Waals surface area contributed by atoms with Crippen molar-refractivity contribution in [2.45, 2.75) is 32.4 Å². The van der Waals surface area contributed by atoms with E-state index in [1.54, 1.807) is 0 Å². The lowest BCUT2D eigenvalue weighted by atomic mass is 9.93. The first-order chi connectivity index (χ1) is 8.60. The Morgan fingerprint density at radius 3 is 2.83 bits per heavy atom. The summed E-state index contributed by atoms with van der Waals surface area (Å²) in [4.78, 5) is 2.46. The first kappa shape index (κ1) is 14.1. The van der Waals surface area contributed by atoms with Crippen molar-refractivity contribution in [3.05, 3.63) is 33.8 Å². The van der Waals surface area contributed by atoms with Gasteiger partial charge in [0.05, 0.1) is 0 Å². The fraction of sp³-hybridized carbons (Fsp3) is 0.571. The van der Waals surface area contributed by atoms with E-state index < -0.39 is 0 Å². The number of benzene rings is 1. The lowest BCUT2D eigenvalue weighted by Gasteiger charge is -2.37. The Hall–Kier alpha value is -0.280. The topological polar surface area (TPSA) is 29.3 Å². The molecule has 1 aromatic carbocycles. The molecule has 1 aliphatic rings. The maximum atomic E-state index is 6.22. The van der Waals surface area contributed by atoms with E-state index in [9.17, 15) is 0 Å². The molecule has 1 fully saturated rings. The number of nitrogens with two attached hydrogens (primary N) is 1. The van der Waals surface area contributed by atoms with E-state index in [1.807, 2.05) is 18.2 Å². The maximum absolute atomic E-state index is 6.22. The van der Waals surface area contributed by atoms with E-state index in [0.717, 1.165) is 35.2 Å². The zero-order valence-corrected chi connectivity index (χ0v) is 12.2. The van der Waals surface area contributed by atoms with Gasteiger partial charge in [0.25, 0.3) is 0 Å². The molecule has 0 aromatic heterocycles. The molecule has 2 N–H and O–H groups in total. The number of hydrogen-bond donors (Lipinski definition) is 1. The van der Waals surface area contributed by atoms with Gasteiger partial charge in [-0.1, -0.05) is 23.2 Å². The van der Waals surface area contributed by atoms with Crippen LogP contribution in [0.2, 0.25) is 10.0 Å². The first-order valence-corrected chi connectivity index (χ1v) is 7.23. The highest BCUT2D eigenvalue weighted by atomic mass is 35.5. The Labute approximate surface area is 119 Å². The standard InChI is InChI=1S/C14H20Cl2N2/c1-10-2-3-11(7-17)8-18(10)9-12-6-13(15)4-5-14(12)16/h4-6,10-11H,2-3,7-9,17H2,1H3. The van der Waals surface area contributed by atoms with Crippen molar-refractivity contribution >= 4 is 23.2 Å². The van der Waals surface area contributed by atoms with Crippen LogP contribution in [0.1, 0.15) is 25.3 Å². The Morgan fingerprint density at radius 1 is 1.33 bits per heavy atom. The van der Waals surface area contributed by atoms with Gasteiger partial charge in [-0.2, -0.15) is 0 Å². The van der Waals surface area contributed by atoms with Gasteiger partial charge in [-0.3, -0.25) is 4.90 Å². The van der Waals surface area contributed by atoms with Crippen LogP contribution in [0.3, 0.4) is 0 Å². The predicted molar refractivity (Wildman–Crippen MR) is 78.1 cm³/mol. The largest absolute Gasteiger partial charge is 0.330 e. The quantitative estimate of drug-likeness (QED) is 0.921. The van der Waals surface area contributed by atoms with Crippen molar-refractivity contribution in [3.63, 3.8) is 0 Å². The number of rotatable bonds is 3. The summed E-state index contributed by atoms with van der Waals surface area (Å²) in [6.45, 7) is 4.95. The molecule has 2 unspecified atom stereocenters. The van der Waals surface area contributed by atoms with Gasteiger partial charge in [-0.05, 0) is 56.0 Å². The van der Waals surface area contributed by atoms with Crippen LogP contribution >= 0.6 is 23.2 Å². The van der Waals surface area contributed by atoms with E-state index >= 15 is 0 Å². The summed E-state index contributed by atoms with van der Waals surface area (Å²) in [5.74, 6) is 0.610. The van der Waals surface area contributed by atoms with E-state index in [0.29, 0.717) is 12.0 Å². The fourth-order valence-corrected chi connectivity index (χ4v) is 2.93. The fourth-order valence-electron chi connectivity index (χ4n) is 2.56. The van der Waals surface area contributed by atoms with Crippen LogP contribution in [0.25, 0.3) is 0 Å². The van der Waals surface area contributed by atoms with E-state index in [4.69, 9.17) is 28.9 Å². The molecule has 18 heavy (non-hydrogen) atoms. The third-order valence-electron chi connectivity index (χ3n) is 3.82. The molecule has 100 valence electrons. The molecule has 0 radical (unpaired) electrons. The van der Waals surface area contributed by atoms with Crippen LogP contribution in [0, 0.1) is 5.92 Å². The molecule has 1 aromatic rings. The van der Waals surface area contributed by atoms with Crippen molar-refractivity contribution in [2.75, 3.05) is 13.1 Å². The van der Waals surface area contributed by atoms with Gasteiger partial charge in [0.15, 0.2) is 0 Å². The van der Waals surface area contributed by atoms with Crippen molar-refractivity contribution < 1.29 is 0 Å². The van der Waals surface area contributed by atoms with Gasteiger partial charge in [0.1, 0.15) is 0 Å². The predicted octanol–water partition coefficient (Wildman–Crippen LogP) is 3.55. The van der Waals surface area contributed by atoms with Crippen LogP contribution < -0.4 is 5.73 Å². The minimum Gasteiger partial charge on any atom is -0.330 e. The molecule has 0 saturated carbocycles. The molecule has 1 aliphatic heterocycles. The van der Waals surface area contributed by atoms with Crippen LogP contribution in [0.5, 0.6) is 0 Å². The average Bonchev–Trinajstić information content (AvgIpc) is 2.36. The number of hydrogen-bond acceptors (Lipinski definition) is 2. The molecule has 0 amide bonds. The van der Waals surface area contributed by atoms with Crippen molar-refractivity contribution in [2.24, 2.45) is 11.7 Å². The Morgan fingerprint density at radius 2 is 2.11 bits per heavy atom. The lowest BCUT2D eigenvalue weighted by molar-refractivity contribution is 0.113.